The Kier molecular flexibility index (Phi) is 5.23. The summed E-state index contributed by atoms with van der Waals surface area (Å²) >= 11 is 0. The van der Waals surface area contributed by atoms with E-state index in [1.165, 1.54) is 12.1 Å². The Morgan fingerprint density at radius 1 is 1.00 bits per heavy atom. The van der Waals surface area contributed by atoms with Crippen molar-refractivity contribution < 1.29 is 23.1 Å². The summed E-state index contributed by atoms with van der Waals surface area (Å²) in [6, 6.07) is 10.5. The minimum Gasteiger partial charge on any atom is -0.396 e. The summed E-state index contributed by atoms with van der Waals surface area (Å²) in [5.74, 6) is 0. The lowest BCUT2D eigenvalue weighted by Gasteiger charge is -2.12. The first kappa shape index (κ1) is 16.8. The van der Waals surface area contributed by atoms with Gasteiger partial charge >= 0.3 is 12.2 Å². The van der Waals surface area contributed by atoms with Gasteiger partial charge in [0.1, 0.15) is 0 Å². The minimum absolute atomic E-state index is 0.0563. The summed E-state index contributed by atoms with van der Waals surface area (Å²) in [5, 5.41) is 14.0. The van der Waals surface area contributed by atoms with Gasteiger partial charge in [0.15, 0.2) is 0 Å². The van der Waals surface area contributed by atoms with Crippen LogP contribution in [-0.4, -0.2) is 17.7 Å². The molecule has 0 saturated heterocycles. The van der Waals surface area contributed by atoms with Crippen LogP contribution in [0.15, 0.2) is 48.5 Å². The molecule has 0 aliphatic rings. The number of benzene rings is 2. The second-order valence-corrected chi connectivity index (χ2v) is 4.78. The molecule has 0 radical (unpaired) electrons. The summed E-state index contributed by atoms with van der Waals surface area (Å²) in [5.41, 5.74) is 0.760. The van der Waals surface area contributed by atoms with Crippen molar-refractivity contribution in [2.45, 2.75) is 12.6 Å². The number of alkyl halides is 3. The molecule has 0 unspecified atom stereocenters. The molecule has 0 spiro atoms. The van der Waals surface area contributed by atoms with E-state index >= 15 is 0 Å². The summed E-state index contributed by atoms with van der Waals surface area (Å²) in [6.07, 6.45) is -4.03. The van der Waals surface area contributed by atoms with Crippen molar-refractivity contribution in [1.29, 1.82) is 0 Å². The number of nitrogens with one attached hydrogen (secondary N) is 2. The summed E-state index contributed by atoms with van der Waals surface area (Å²) in [4.78, 5) is 11.9. The average Bonchev–Trinajstić information content (AvgIpc) is 2.49. The van der Waals surface area contributed by atoms with Crippen molar-refractivity contribution in [1.82, 2.24) is 0 Å². The van der Waals surface area contributed by atoms with Crippen molar-refractivity contribution >= 4 is 17.4 Å². The minimum atomic E-state index is -4.41. The van der Waals surface area contributed by atoms with Crippen LogP contribution < -0.4 is 10.6 Å². The number of halogens is 3. The second kappa shape index (κ2) is 7.15. The highest BCUT2D eigenvalue weighted by atomic mass is 19.4. The third-order valence-corrected chi connectivity index (χ3v) is 3.12. The number of rotatable bonds is 4. The Morgan fingerprint density at radius 2 is 1.65 bits per heavy atom. The fraction of sp³-hybridized carbons (Fsp3) is 0.188. The molecule has 23 heavy (non-hydrogen) atoms. The molecule has 2 rings (SSSR count). The molecule has 2 aromatic rings. The summed E-state index contributed by atoms with van der Waals surface area (Å²) < 4.78 is 37.4. The van der Waals surface area contributed by atoms with Gasteiger partial charge in [-0.2, -0.15) is 13.2 Å². The molecule has 0 aromatic heterocycles. The molecular weight excluding hydrogens is 309 g/mol. The van der Waals surface area contributed by atoms with Gasteiger partial charge in [-0.05, 0) is 42.3 Å². The van der Waals surface area contributed by atoms with Gasteiger partial charge in [-0.3, -0.25) is 0 Å². The van der Waals surface area contributed by atoms with Crippen LogP contribution in [0.1, 0.15) is 11.1 Å². The molecule has 0 atom stereocenters. The molecule has 2 amide bonds. The van der Waals surface area contributed by atoms with Gasteiger partial charge in [0, 0.05) is 18.0 Å². The number of carbonyl (C=O) groups excluding carboxylic acids is 1. The zero-order valence-electron chi connectivity index (χ0n) is 12.0. The Morgan fingerprint density at radius 3 is 2.26 bits per heavy atom. The van der Waals surface area contributed by atoms with Crippen LogP contribution in [0, 0.1) is 0 Å². The van der Waals surface area contributed by atoms with E-state index in [0.717, 1.165) is 17.7 Å². The Bertz CT molecular complexity index is 670. The van der Waals surface area contributed by atoms with Gasteiger partial charge in [0.05, 0.1) is 5.56 Å². The van der Waals surface area contributed by atoms with Crippen LogP contribution >= 0.6 is 0 Å². The van der Waals surface area contributed by atoms with Gasteiger partial charge in [0.25, 0.3) is 0 Å². The third kappa shape index (κ3) is 4.72. The Labute approximate surface area is 131 Å². The van der Waals surface area contributed by atoms with Crippen LogP contribution in [0.5, 0.6) is 0 Å². The summed E-state index contributed by atoms with van der Waals surface area (Å²) in [6.45, 7) is -0.0563. The van der Waals surface area contributed by atoms with E-state index in [-0.39, 0.29) is 12.3 Å². The standard InChI is InChI=1S/C16H15F3N2O2/c17-16(18,19)12-5-7-13(8-6-12)20-15(23)21-14-4-2-1-3-11(14)9-10-22/h1-8,22H,9-10H2,(H2,20,21,23). The summed E-state index contributed by atoms with van der Waals surface area (Å²) in [7, 11) is 0. The first-order valence-corrected chi connectivity index (χ1v) is 6.84. The molecule has 0 aliphatic carbocycles. The van der Waals surface area contributed by atoms with E-state index in [1.54, 1.807) is 24.3 Å². The molecule has 7 heteroatoms. The number of carbonyl (C=O) groups is 1. The zero-order valence-corrected chi connectivity index (χ0v) is 12.0. The zero-order chi connectivity index (χ0) is 16.9. The van der Waals surface area contributed by atoms with E-state index in [0.29, 0.717) is 12.1 Å². The highest BCUT2D eigenvalue weighted by molar-refractivity contribution is 6.00. The van der Waals surface area contributed by atoms with Crippen molar-refractivity contribution in [3.63, 3.8) is 0 Å². The molecule has 0 heterocycles. The molecule has 0 saturated carbocycles. The SMILES string of the molecule is O=C(Nc1ccc(C(F)(F)F)cc1)Nc1ccccc1CCO. The smallest absolute Gasteiger partial charge is 0.396 e. The van der Waals surface area contributed by atoms with E-state index in [9.17, 15) is 18.0 Å². The monoisotopic (exact) mass is 324 g/mol. The lowest BCUT2D eigenvalue weighted by Crippen LogP contribution is -2.20. The number of hydrogen-bond donors (Lipinski definition) is 3. The molecule has 0 aliphatic heterocycles. The fourth-order valence-electron chi connectivity index (χ4n) is 2.01. The van der Waals surface area contributed by atoms with Crippen LogP contribution in [0.25, 0.3) is 0 Å². The Balaban J connectivity index is 2.03. The van der Waals surface area contributed by atoms with Gasteiger partial charge in [0.2, 0.25) is 0 Å². The predicted molar refractivity (Wildman–Crippen MR) is 81.3 cm³/mol. The van der Waals surface area contributed by atoms with Crippen LogP contribution in [0.3, 0.4) is 0 Å². The number of aliphatic hydroxyl groups excluding tert-OH is 1. The maximum Gasteiger partial charge on any atom is 0.416 e. The van der Waals surface area contributed by atoms with E-state index in [4.69, 9.17) is 5.11 Å². The molecule has 0 fully saturated rings. The van der Waals surface area contributed by atoms with E-state index in [1.807, 2.05) is 0 Å². The van der Waals surface area contributed by atoms with Crippen molar-refractivity contribution in [3.05, 3.63) is 59.7 Å². The number of amides is 2. The number of anilines is 2. The van der Waals surface area contributed by atoms with E-state index in [2.05, 4.69) is 10.6 Å². The Hall–Kier alpha value is -2.54. The van der Waals surface area contributed by atoms with Gasteiger partial charge in [-0.25, -0.2) is 4.79 Å². The van der Waals surface area contributed by atoms with Gasteiger partial charge in [-0.1, -0.05) is 18.2 Å². The van der Waals surface area contributed by atoms with Gasteiger partial charge < -0.3 is 15.7 Å². The van der Waals surface area contributed by atoms with Crippen LogP contribution in [0.2, 0.25) is 0 Å². The largest absolute Gasteiger partial charge is 0.416 e. The van der Waals surface area contributed by atoms with Crippen LogP contribution in [-0.2, 0) is 12.6 Å². The normalized spacial score (nSPS) is 11.1. The van der Waals surface area contributed by atoms with Gasteiger partial charge in [-0.15, -0.1) is 0 Å². The molecule has 2 aromatic carbocycles. The second-order valence-electron chi connectivity index (χ2n) is 4.78. The lowest BCUT2D eigenvalue weighted by molar-refractivity contribution is -0.137. The average molecular weight is 324 g/mol. The molecule has 3 N–H and O–H groups in total. The fourth-order valence-corrected chi connectivity index (χ4v) is 2.01. The maximum absolute atomic E-state index is 12.5. The molecular formula is C16H15F3N2O2. The molecule has 4 nitrogen and oxygen atoms in total. The maximum atomic E-state index is 12.5. The predicted octanol–water partition coefficient (Wildman–Crippen LogP) is 3.88. The topological polar surface area (TPSA) is 61.4 Å². The van der Waals surface area contributed by atoms with Crippen LogP contribution in [0.4, 0.5) is 29.3 Å². The first-order chi connectivity index (χ1) is 10.9. The van der Waals surface area contributed by atoms with E-state index < -0.39 is 17.8 Å². The quantitative estimate of drug-likeness (QED) is 0.799. The number of aliphatic hydroxyl groups is 1. The lowest BCUT2D eigenvalue weighted by atomic mass is 10.1. The highest BCUT2D eigenvalue weighted by Gasteiger charge is 2.29. The van der Waals surface area contributed by atoms with Crippen molar-refractivity contribution in [3.8, 4) is 0 Å². The number of para-hydroxylation sites is 1. The highest BCUT2D eigenvalue weighted by Crippen LogP contribution is 2.29. The van der Waals surface area contributed by atoms with Crippen molar-refractivity contribution in [2.75, 3.05) is 17.2 Å². The number of urea groups is 1. The molecule has 122 valence electrons. The number of hydrogen-bond acceptors (Lipinski definition) is 2. The molecule has 0 bridgehead atoms. The third-order valence-electron chi connectivity index (χ3n) is 3.12. The first-order valence-electron chi connectivity index (χ1n) is 6.84. The van der Waals surface area contributed by atoms with Crippen molar-refractivity contribution in [2.24, 2.45) is 0 Å².